The summed E-state index contributed by atoms with van der Waals surface area (Å²) in [6.07, 6.45) is 0. The minimum Gasteiger partial charge on any atom is -0.464 e. The lowest BCUT2D eigenvalue weighted by molar-refractivity contribution is 0.304. The highest BCUT2D eigenvalue weighted by atomic mass is 35.5. The molecule has 0 saturated heterocycles. The number of ether oxygens (including phenoxy) is 2. The van der Waals surface area contributed by atoms with E-state index in [0.29, 0.717) is 18.3 Å². The van der Waals surface area contributed by atoms with Crippen molar-refractivity contribution >= 4 is 17.5 Å². The van der Waals surface area contributed by atoms with Gasteiger partial charge in [-0.05, 0) is 19.1 Å². The summed E-state index contributed by atoms with van der Waals surface area (Å²) in [5.74, 6) is 0.0827. The van der Waals surface area contributed by atoms with Gasteiger partial charge in [-0.25, -0.2) is 4.39 Å². The Balaban J connectivity index is 2.27. The second-order valence-corrected chi connectivity index (χ2v) is 3.99. The van der Waals surface area contributed by atoms with Crippen molar-refractivity contribution in [1.82, 2.24) is 15.0 Å². The minimum absolute atomic E-state index is 0.0236. The molecular formula is C12H12ClFN4O2. The molecule has 2 aromatic rings. The van der Waals surface area contributed by atoms with Gasteiger partial charge in [-0.1, -0.05) is 11.6 Å². The second-order valence-electron chi connectivity index (χ2n) is 3.59. The van der Waals surface area contributed by atoms with Crippen molar-refractivity contribution in [2.75, 3.05) is 19.0 Å². The van der Waals surface area contributed by atoms with Crippen LogP contribution in [0.1, 0.15) is 6.92 Å². The first-order chi connectivity index (χ1) is 9.62. The zero-order valence-electron chi connectivity index (χ0n) is 10.9. The number of anilines is 1. The summed E-state index contributed by atoms with van der Waals surface area (Å²) >= 11 is 5.67. The van der Waals surface area contributed by atoms with Crippen LogP contribution in [0.5, 0.6) is 17.8 Å². The molecule has 1 aromatic carbocycles. The highest BCUT2D eigenvalue weighted by Gasteiger charge is 2.09. The van der Waals surface area contributed by atoms with E-state index in [-0.39, 0.29) is 17.0 Å². The molecule has 0 fully saturated rings. The highest BCUT2D eigenvalue weighted by Crippen LogP contribution is 2.25. The van der Waals surface area contributed by atoms with E-state index in [0.717, 1.165) is 0 Å². The molecular weight excluding hydrogens is 287 g/mol. The van der Waals surface area contributed by atoms with Gasteiger partial charge in [0.2, 0.25) is 5.95 Å². The third kappa shape index (κ3) is 3.45. The Labute approximate surface area is 119 Å². The lowest BCUT2D eigenvalue weighted by Gasteiger charge is -2.08. The Morgan fingerprint density at radius 2 is 2.00 bits per heavy atom. The average molecular weight is 299 g/mol. The van der Waals surface area contributed by atoms with E-state index in [1.807, 2.05) is 6.92 Å². The Kier molecular flexibility index (Phi) is 4.52. The van der Waals surface area contributed by atoms with Crippen molar-refractivity contribution in [3.05, 3.63) is 29.0 Å². The summed E-state index contributed by atoms with van der Waals surface area (Å²) in [4.78, 5) is 12.0. The Bertz CT molecular complexity index is 612. The molecule has 0 saturated carbocycles. The monoisotopic (exact) mass is 298 g/mol. The molecule has 0 spiro atoms. The van der Waals surface area contributed by atoms with Gasteiger partial charge in [-0.15, -0.1) is 4.98 Å². The Morgan fingerprint density at radius 3 is 2.65 bits per heavy atom. The zero-order chi connectivity index (χ0) is 14.5. The summed E-state index contributed by atoms with van der Waals surface area (Å²) in [5.41, 5.74) is 0. The number of hydrogen-bond donors (Lipinski definition) is 1. The van der Waals surface area contributed by atoms with E-state index in [1.165, 1.54) is 18.2 Å². The molecule has 2 rings (SSSR count). The molecule has 0 amide bonds. The molecule has 0 atom stereocenters. The van der Waals surface area contributed by atoms with E-state index in [2.05, 4.69) is 20.3 Å². The summed E-state index contributed by atoms with van der Waals surface area (Å²) in [5, 5.41) is 2.72. The summed E-state index contributed by atoms with van der Waals surface area (Å²) in [7, 11) is 1.66. The quantitative estimate of drug-likeness (QED) is 0.915. The molecule has 8 heteroatoms. The highest BCUT2D eigenvalue weighted by molar-refractivity contribution is 6.30. The van der Waals surface area contributed by atoms with Crippen molar-refractivity contribution in [2.45, 2.75) is 6.92 Å². The van der Waals surface area contributed by atoms with Crippen molar-refractivity contribution in [1.29, 1.82) is 0 Å². The van der Waals surface area contributed by atoms with Crippen LogP contribution in [0.25, 0.3) is 0 Å². The Morgan fingerprint density at radius 1 is 1.25 bits per heavy atom. The van der Waals surface area contributed by atoms with Gasteiger partial charge in [0.15, 0.2) is 0 Å². The van der Waals surface area contributed by atoms with E-state index < -0.39 is 5.82 Å². The van der Waals surface area contributed by atoms with Gasteiger partial charge in [-0.2, -0.15) is 9.97 Å². The van der Waals surface area contributed by atoms with Crippen LogP contribution in [0.4, 0.5) is 10.3 Å². The predicted molar refractivity (Wildman–Crippen MR) is 72.0 cm³/mol. The molecule has 0 bridgehead atoms. The van der Waals surface area contributed by atoms with Crippen LogP contribution in [0.2, 0.25) is 5.02 Å². The fourth-order valence-electron chi connectivity index (χ4n) is 1.33. The van der Waals surface area contributed by atoms with Crippen LogP contribution in [0.3, 0.4) is 0 Å². The molecule has 0 radical (unpaired) electrons. The number of halogens is 2. The predicted octanol–water partition coefficient (Wildman–Crippen LogP) is 2.90. The zero-order valence-corrected chi connectivity index (χ0v) is 11.6. The first-order valence-electron chi connectivity index (χ1n) is 5.82. The van der Waals surface area contributed by atoms with E-state index >= 15 is 0 Å². The maximum atomic E-state index is 13.1. The van der Waals surface area contributed by atoms with E-state index in [9.17, 15) is 4.39 Å². The average Bonchev–Trinajstić information content (AvgIpc) is 2.43. The molecule has 1 N–H and O–H groups in total. The molecule has 106 valence electrons. The van der Waals surface area contributed by atoms with Crippen LogP contribution in [-0.2, 0) is 0 Å². The van der Waals surface area contributed by atoms with Gasteiger partial charge in [0.05, 0.1) is 11.6 Å². The Hall–Kier alpha value is -2.15. The van der Waals surface area contributed by atoms with E-state index in [1.54, 1.807) is 7.05 Å². The van der Waals surface area contributed by atoms with Gasteiger partial charge < -0.3 is 14.8 Å². The third-order valence-corrected chi connectivity index (χ3v) is 2.48. The number of nitrogens with zero attached hydrogens (tertiary/aromatic N) is 3. The van der Waals surface area contributed by atoms with Crippen molar-refractivity contribution in [3.63, 3.8) is 0 Å². The minimum atomic E-state index is -0.527. The number of nitrogens with one attached hydrogen (secondary N) is 1. The summed E-state index contributed by atoms with van der Waals surface area (Å²) < 4.78 is 23.7. The van der Waals surface area contributed by atoms with Gasteiger partial charge in [0, 0.05) is 13.1 Å². The number of hydrogen-bond acceptors (Lipinski definition) is 6. The lowest BCUT2D eigenvalue weighted by atomic mass is 10.3. The fraction of sp³-hybridized carbons (Fsp3) is 0.250. The van der Waals surface area contributed by atoms with Crippen LogP contribution < -0.4 is 14.8 Å². The topological polar surface area (TPSA) is 69.2 Å². The number of aromatic nitrogens is 3. The van der Waals surface area contributed by atoms with Gasteiger partial charge in [0.25, 0.3) is 0 Å². The largest absolute Gasteiger partial charge is 0.464 e. The van der Waals surface area contributed by atoms with Crippen LogP contribution in [-0.4, -0.2) is 28.6 Å². The van der Waals surface area contributed by atoms with Crippen LogP contribution in [0.15, 0.2) is 18.2 Å². The molecule has 20 heavy (non-hydrogen) atoms. The second kappa shape index (κ2) is 6.33. The molecule has 1 aromatic heterocycles. The molecule has 0 aliphatic carbocycles. The fourth-order valence-corrected chi connectivity index (χ4v) is 1.51. The van der Waals surface area contributed by atoms with Crippen molar-refractivity contribution < 1.29 is 13.9 Å². The summed E-state index contributed by atoms with van der Waals surface area (Å²) in [6.45, 7) is 2.22. The first kappa shape index (κ1) is 14.3. The smallest absolute Gasteiger partial charge is 0.330 e. The number of rotatable bonds is 5. The molecule has 1 heterocycles. The van der Waals surface area contributed by atoms with E-state index in [4.69, 9.17) is 21.1 Å². The van der Waals surface area contributed by atoms with Crippen molar-refractivity contribution in [3.8, 4) is 17.8 Å². The number of benzene rings is 1. The van der Waals surface area contributed by atoms with Crippen LogP contribution in [0, 0.1) is 5.82 Å². The first-order valence-corrected chi connectivity index (χ1v) is 6.19. The molecule has 6 nitrogen and oxygen atoms in total. The van der Waals surface area contributed by atoms with Crippen LogP contribution >= 0.6 is 11.6 Å². The maximum absolute atomic E-state index is 13.1. The van der Waals surface area contributed by atoms with Gasteiger partial charge in [0.1, 0.15) is 11.6 Å². The SMILES string of the molecule is CCOc1nc(NC)nc(Oc2ccc(F)c(Cl)c2)n1. The molecule has 0 aliphatic rings. The van der Waals surface area contributed by atoms with Crippen molar-refractivity contribution in [2.24, 2.45) is 0 Å². The summed E-state index contributed by atoms with van der Waals surface area (Å²) in [6, 6.07) is 4.11. The standard InChI is InChI=1S/C12H12ClFN4O2/c1-3-19-11-16-10(15-2)17-12(18-11)20-7-4-5-9(14)8(13)6-7/h4-6H,3H2,1-2H3,(H,15,16,17,18). The maximum Gasteiger partial charge on any atom is 0.330 e. The van der Waals surface area contributed by atoms with Gasteiger partial charge >= 0.3 is 12.0 Å². The molecule has 0 aliphatic heterocycles. The third-order valence-electron chi connectivity index (χ3n) is 2.19. The van der Waals surface area contributed by atoms with Gasteiger partial charge in [-0.3, -0.25) is 0 Å². The normalized spacial score (nSPS) is 10.2. The molecule has 0 unspecified atom stereocenters. The lowest BCUT2D eigenvalue weighted by Crippen LogP contribution is -2.05.